The lowest BCUT2D eigenvalue weighted by atomic mass is 10.5. The molecule has 0 bridgehead atoms. The van der Waals surface area contributed by atoms with Crippen molar-refractivity contribution in [2.75, 3.05) is 19.8 Å². The summed E-state index contributed by atoms with van der Waals surface area (Å²) in [6, 6.07) is 0. The molecule has 0 saturated heterocycles. The summed E-state index contributed by atoms with van der Waals surface area (Å²) in [7, 11) is 0. The third-order valence-electron chi connectivity index (χ3n) is 1.46. The quantitative estimate of drug-likeness (QED) is 0.710. The summed E-state index contributed by atoms with van der Waals surface area (Å²) >= 11 is 1.53. The van der Waals surface area contributed by atoms with E-state index < -0.39 is 13.0 Å². The number of hydrogen-bond acceptors (Lipinski definition) is 4. The second kappa shape index (κ2) is 6.80. The first-order valence-electron chi connectivity index (χ1n) is 4.22. The van der Waals surface area contributed by atoms with Crippen LogP contribution in [-0.2, 0) is 11.3 Å². The maximum absolute atomic E-state index is 11.6. The first-order valence-corrected chi connectivity index (χ1v) is 5.17. The Labute approximate surface area is 85.1 Å². The average Bonchev–Trinajstić information content (AvgIpc) is 2.63. The summed E-state index contributed by atoms with van der Waals surface area (Å²) < 4.78 is 27.9. The van der Waals surface area contributed by atoms with Gasteiger partial charge in [0.05, 0.1) is 17.8 Å². The highest BCUT2D eigenvalue weighted by atomic mass is 32.1. The molecule has 0 aliphatic heterocycles. The van der Waals surface area contributed by atoms with E-state index in [2.05, 4.69) is 15.0 Å². The SMILES string of the molecule is FC(F)COCCNCc1cscn1. The number of rotatable bonds is 7. The molecule has 0 radical (unpaired) electrons. The highest BCUT2D eigenvalue weighted by molar-refractivity contribution is 7.07. The van der Waals surface area contributed by atoms with E-state index in [0.717, 1.165) is 5.69 Å². The van der Waals surface area contributed by atoms with Crippen molar-refractivity contribution in [2.45, 2.75) is 13.0 Å². The molecule has 0 spiro atoms. The summed E-state index contributed by atoms with van der Waals surface area (Å²) in [6.45, 7) is 1.03. The van der Waals surface area contributed by atoms with E-state index >= 15 is 0 Å². The van der Waals surface area contributed by atoms with Gasteiger partial charge in [0.25, 0.3) is 6.43 Å². The summed E-state index contributed by atoms with van der Waals surface area (Å²) in [6.07, 6.45) is -2.38. The summed E-state index contributed by atoms with van der Waals surface area (Å²) in [5.74, 6) is 0. The van der Waals surface area contributed by atoms with Crippen molar-refractivity contribution in [3.63, 3.8) is 0 Å². The smallest absolute Gasteiger partial charge is 0.261 e. The Hall–Kier alpha value is -0.590. The van der Waals surface area contributed by atoms with E-state index in [1.54, 1.807) is 5.51 Å². The van der Waals surface area contributed by atoms with Crippen LogP contribution in [0.15, 0.2) is 10.9 Å². The molecule has 1 N–H and O–H groups in total. The zero-order valence-corrected chi connectivity index (χ0v) is 8.40. The average molecular weight is 222 g/mol. The van der Waals surface area contributed by atoms with Crippen LogP contribution in [0.1, 0.15) is 5.69 Å². The van der Waals surface area contributed by atoms with Crippen molar-refractivity contribution in [3.05, 3.63) is 16.6 Å². The molecule has 0 unspecified atom stereocenters. The topological polar surface area (TPSA) is 34.1 Å². The molecule has 0 aromatic carbocycles. The van der Waals surface area contributed by atoms with Crippen LogP contribution in [0.3, 0.4) is 0 Å². The van der Waals surface area contributed by atoms with Crippen LogP contribution in [0.5, 0.6) is 0 Å². The van der Waals surface area contributed by atoms with Gasteiger partial charge in [-0.1, -0.05) is 0 Å². The number of ether oxygens (including phenoxy) is 1. The van der Waals surface area contributed by atoms with Gasteiger partial charge in [-0.05, 0) is 0 Å². The second-order valence-corrected chi connectivity index (χ2v) is 3.34. The van der Waals surface area contributed by atoms with Gasteiger partial charge in [-0.3, -0.25) is 0 Å². The monoisotopic (exact) mass is 222 g/mol. The van der Waals surface area contributed by atoms with E-state index in [4.69, 9.17) is 0 Å². The van der Waals surface area contributed by atoms with Crippen molar-refractivity contribution < 1.29 is 13.5 Å². The van der Waals surface area contributed by atoms with Gasteiger partial charge < -0.3 is 10.1 Å². The molecule has 0 amide bonds. The van der Waals surface area contributed by atoms with Crippen molar-refractivity contribution in [2.24, 2.45) is 0 Å². The number of thiazole rings is 1. The molecule has 1 aromatic heterocycles. The van der Waals surface area contributed by atoms with Crippen LogP contribution >= 0.6 is 11.3 Å². The molecule has 0 fully saturated rings. The summed E-state index contributed by atoms with van der Waals surface area (Å²) in [4.78, 5) is 4.06. The first kappa shape index (κ1) is 11.5. The molecule has 1 heterocycles. The lowest BCUT2D eigenvalue weighted by molar-refractivity contribution is 0.0187. The van der Waals surface area contributed by atoms with Gasteiger partial charge in [-0.25, -0.2) is 13.8 Å². The number of hydrogen-bond donors (Lipinski definition) is 1. The van der Waals surface area contributed by atoms with E-state index in [-0.39, 0.29) is 0 Å². The molecule has 14 heavy (non-hydrogen) atoms. The van der Waals surface area contributed by atoms with E-state index in [0.29, 0.717) is 19.7 Å². The Morgan fingerprint density at radius 2 is 2.43 bits per heavy atom. The van der Waals surface area contributed by atoms with Crippen LogP contribution in [-0.4, -0.2) is 31.2 Å². The Kier molecular flexibility index (Phi) is 5.58. The molecule has 0 saturated carbocycles. The minimum Gasteiger partial charge on any atom is -0.374 e. The van der Waals surface area contributed by atoms with Gasteiger partial charge in [0.1, 0.15) is 6.61 Å². The van der Waals surface area contributed by atoms with Crippen molar-refractivity contribution in [1.29, 1.82) is 0 Å². The second-order valence-electron chi connectivity index (χ2n) is 2.62. The van der Waals surface area contributed by atoms with E-state index in [1.165, 1.54) is 11.3 Å². The molecule has 0 atom stereocenters. The fourth-order valence-electron chi connectivity index (χ4n) is 0.858. The molecule has 0 aliphatic carbocycles. The normalized spacial score (nSPS) is 11.1. The zero-order valence-electron chi connectivity index (χ0n) is 7.58. The summed E-state index contributed by atoms with van der Waals surface area (Å²) in [5, 5.41) is 4.97. The van der Waals surface area contributed by atoms with Crippen LogP contribution in [0, 0.1) is 0 Å². The van der Waals surface area contributed by atoms with Gasteiger partial charge in [0.2, 0.25) is 0 Å². The maximum Gasteiger partial charge on any atom is 0.261 e. The number of alkyl halides is 2. The van der Waals surface area contributed by atoms with Gasteiger partial charge in [-0.15, -0.1) is 11.3 Å². The van der Waals surface area contributed by atoms with Crippen LogP contribution < -0.4 is 5.32 Å². The van der Waals surface area contributed by atoms with Gasteiger partial charge in [0, 0.05) is 18.5 Å². The first-order chi connectivity index (χ1) is 6.79. The third kappa shape index (κ3) is 5.21. The summed E-state index contributed by atoms with van der Waals surface area (Å²) in [5.41, 5.74) is 2.72. The van der Waals surface area contributed by atoms with Gasteiger partial charge >= 0.3 is 0 Å². The lowest BCUT2D eigenvalue weighted by Crippen LogP contribution is -2.20. The lowest BCUT2D eigenvalue weighted by Gasteiger charge is -2.04. The van der Waals surface area contributed by atoms with Crippen molar-refractivity contribution >= 4 is 11.3 Å². The fraction of sp³-hybridized carbons (Fsp3) is 0.625. The largest absolute Gasteiger partial charge is 0.374 e. The standard InChI is InChI=1S/C8H12F2N2OS/c9-8(10)4-13-2-1-11-3-7-5-14-6-12-7/h5-6,8,11H,1-4H2. The molecule has 0 aliphatic rings. The highest BCUT2D eigenvalue weighted by Gasteiger charge is 2.00. The van der Waals surface area contributed by atoms with E-state index in [9.17, 15) is 8.78 Å². The van der Waals surface area contributed by atoms with Crippen LogP contribution in [0.25, 0.3) is 0 Å². The number of nitrogens with zero attached hydrogens (tertiary/aromatic N) is 1. The maximum atomic E-state index is 11.6. The fourth-order valence-corrected chi connectivity index (χ4v) is 1.42. The third-order valence-corrected chi connectivity index (χ3v) is 2.09. The zero-order chi connectivity index (χ0) is 10.2. The van der Waals surface area contributed by atoms with Gasteiger partial charge in [-0.2, -0.15) is 0 Å². The molecule has 1 aromatic rings. The minimum absolute atomic E-state index is 0.300. The van der Waals surface area contributed by atoms with Crippen molar-refractivity contribution in [1.82, 2.24) is 10.3 Å². The Bertz CT molecular complexity index is 231. The van der Waals surface area contributed by atoms with Gasteiger partial charge in [0.15, 0.2) is 0 Å². The Morgan fingerprint density at radius 3 is 3.07 bits per heavy atom. The molecule has 80 valence electrons. The predicted molar refractivity (Wildman–Crippen MR) is 50.6 cm³/mol. The van der Waals surface area contributed by atoms with Crippen LogP contribution in [0.4, 0.5) is 8.78 Å². The molecule has 1 rings (SSSR count). The number of aromatic nitrogens is 1. The molecular weight excluding hydrogens is 210 g/mol. The molecular formula is C8H12F2N2OS. The van der Waals surface area contributed by atoms with Crippen molar-refractivity contribution in [3.8, 4) is 0 Å². The number of nitrogens with one attached hydrogen (secondary N) is 1. The van der Waals surface area contributed by atoms with Crippen LogP contribution in [0.2, 0.25) is 0 Å². The Morgan fingerprint density at radius 1 is 1.57 bits per heavy atom. The van der Waals surface area contributed by atoms with E-state index in [1.807, 2.05) is 5.38 Å². The Balaban J connectivity index is 1.90. The molecule has 6 heteroatoms. The highest BCUT2D eigenvalue weighted by Crippen LogP contribution is 1.99. The predicted octanol–water partition coefficient (Wildman–Crippen LogP) is 1.51. The number of halogens is 2. The molecule has 3 nitrogen and oxygen atoms in total. The minimum atomic E-state index is -2.38.